The highest BCUT2D eigenvalue weighted by atomic mass is 16.5. The van der Waals surface area contributed by atoms with E-state index in [9.17, 15) is 4.79 Å². The molecule has 1 aromatic heterocycles. The lowest BCUT2D eigenvalue weighted by atomic mass is 10.1. The van der Waals surface area contributed by atoms with Gasteiger partial charge in [-0.3, -0.25) is 0 Å². The number of ether oxygens (including phenoxy) is 1. The fourth-order valence-electron chi connectivity index (χ4n) is 1.46. The second kappa shape index (κ2) is 5.00. The van der Waals surface area contributed by atoms with Crippen LogP contribution in [0.3, 0.4) is 0 Å². The van der Waals surface area contributed by atoms with Gasteiger partial charge in [0.05, 0.1) is 12.7 Å². The Morgan fingerprint density at radius 1 is 1.28 bits per heavy atom. The van der Waals surface area contributed by atoms with Crippen molar-refractivity contribution in [2.24, 2.45) is 0 Å². The molecule has 2 aromatic rings. The number of hydrogen-bond donors (Lipinski definition) is 0. The van der Waals surface area contributed by atoms with Crippen LogP contribution in [0.1, 0.15) is 36.0 Å². The van der Waals surface area contributed by atoms with Crippen molar-refractivity contribution in [2.45, 2.75) is 19.8 Å². The van der Waals surface area contributed by atoms with Crippen molar-refractivity contribution < 1.29 is 14.1 Å². The molecule has 0 radical (unpaired) electrons. The van der Waals surface area contributed by atoms with Gasteiger partial charge in [-0.2, -0.15) is 4.98 Å². The van der Waals surface area contributed by atoms with Gasteiger partial charge in [0, 0.05) is 11.5 Å². The van der Waals surface area contributed by atoms with Crippen molar-refractivity contribution in [3.8, 4) is 11.4 Å². The Kier molecular flexibility index (Phi) is 3.41. The number of aromatic nitrogens is 2. The van der Waals surface area contributed by atoms with E-state index in [0.29, 0.717) is 17.3 Å². The average molecular weight is 246 g/mol. The highest BCUT2D eigenvalue weighted by Gasteiger charge is 2.12. The SMILES string of the molecule is COC(=O)c1ccc(-c2noc(C(C)C)n2)cc1. The number of methoxy groups -OCH3 is 1. The number of rotatable bonds is 3. The number of carbonyl (C=O) groups excluding carboxylic acids is 1. The maximum Gasteiger partial charge on any atom is 0.337 e. The zero-order valence-corrected chi connectivity index (χ0v) is 10.5. The quantitative estimate of drug-likeness (QED) is 0.779. The fourth-order valence-corrected chi connectivity index (χ4v) is 1.46. The Hall–Kier alpha value is -2.17. The largest absolute Gasteiger partial charge is 0.465 e. The van der Waals surface area contributed by atoms with Crippen molar-refractivity contribution in [1.29, 1.82) is 0 Å². The van der Waals surface area contributed by atoms with Crippen LogP contribution in [0.2, 0.25) is 0 Å². The van der Waals surface area contributed by atoms with E-state index in [0.717, 1.165) is 5.56 Å². The van der Waals surface area contributed by atoms with Crippen LogP contribution in [-0.4, -0.2) is 23.2 Å². The summed E-state index contributed by atoms with van der Waals surface area (Å²) in [6.07, 6.45) is 0. The normalized spacial score (nSPS) is 10.7. The molecule has 94 valence electrons. The molecule has 0 fully saturated rings. The highest BCUT2D eigenvalue weighted by molar-refractivity contribution is 5.89. The molecular formula is C13H14N2O3. The molecule has 0 amide bonds. The van der Waals surface area contributed by atoms with Crippen LogP contribution < -0.4 is 0 Å². The van der Waals surface area contributed by atoms with Gasteiger partial charge in [-0.15, -0.1) is 0 Å². The highest BCUT2D eigenvalue weighted by Crippen LogP contribution is 2.19. The van der Waals surface area contributed by atoms with Gasteiger partial charge in [0.2, 0.25) is 11.7 Å². The second-order valence-electron chi connectivity index (χ2n) is 4.18. The minimum atomic E-state index is -0.363. The summed E-state index contributed by atoms with van der Waals surface area (Å²) in [5, 5.41) is 3.90. The van der Waals surface area contributed by atoms with E-state index in [-0.39, 0.29) is 11.9 Å². The smallest absolute Gasteiger partial charge is 0.337 e. The Balaban J connectivity index is 2.25. The van der Waals surface area contributed by atoms with Crippen molar-refractivity contribution in [3.05, 3.63) is 35.7 Å². The molecule has 0 atom stereocenters. The third kappa shape index (κ3) is 2.40. The first-order chi connectivity index (χ1) is 8.61. The first-order valence-corrected chi connectivity index (χ1v) is 5.64. The maximum absolute atomic E-state index is 11.3. The molecule has 5 nitrogen and oxygen atoms in total. The van der Waals surface area contributed by atoms with Crippen LogP contribution in [0.15, 0.2) is 28.8 Å². The Bertz CT molecular complexity index is 544. The molecule has 1 heterocycles. The lowest BCUT2D eigenvalue weighted by Crippen LogP contribution is -2.00. The Morgan fingerprint density at radius 3 is 2.44 bits per heavy atom. The molecule has 0 aliphatic heterocycles. The van der Waals surface area contributed by atoms with Crippen LogP contribution >= 0.6 is 0 Å². The zero-order valence-electron chi connectivity index (χ0n) is 10.5. The molecule has 0 aliphatic carbocycles. The lowest BCUT2D eigenvalue weighted by molar-refractivity contribution is 0.0601. The van der Waals surface area contributed by atoms with Crippen LogP contribution in [0, 0.1) is 0 Å². The number of hydrogen-bond acceptors (Lipinski definition) is 5. The minimum Gasteiger partial charge on any atom is -0.465 e. The predicted octanol–water partition coefficient (Wildman–Crippen LogP) is 2.65. The molecule has 5 heteroatoms. The first kappa shape index (κ1) is 12.3. The van der Waals surface area contributed by atoms with Gasteiger partial charge in [-0.05, 0) is 12.1 Å². The van der Waals surface area contributed by atoms with Crippen LogP contribution in [0.25, 0.3) is 11.4 Å². The average Bonchev–Trinajstić information content (AvgIpc) is 2.88. The third-order valence-corrected chi connectivity index (χ3v) is 2.50. The van der Waals surface area contributed by atoms with Crippen LogP contribution in [-0.2, 0) is 4.74 Å². The summed E-state index contributed by atoms with van der Waals surface area (Å²) in [5.41, 5.74) is 1.30. The third-order valence-electron chi connectivity index (χ3n) is 2.50. The summed E-state index contributed by atoms with van der Waals surface area (Å²) >= 11 is 0. The Morgan fingerprint density at radius 2 is 1.94 bits per heavy atom. The van der Waals surface area contributed by atoms with Crippen LogP contribution in [0.4, 0.5) is 0 Å². The van der Waals surface area contributed by atoms with Gasteiger partial charge < -0.3 is 9.26 Å². The van der Waals surface area contributed by atoms with E-state index >= 15 is 0 Å². The van der Waals surface area contributed by atoms with E-state index in [1.54, 1.807) is 24.3 Å². The topological polar surface area (TPSA) is 65.2 Å². The summed E-state index contributed by atoms with van der Waals surface area (Å²) in [6.45, 7) is 3.97. The molecular weight excluding hydrogens is 232 g/mol. The van der Waals surface area contributed by atoms with E-state index in [2.05, 4.69) is 14.9 Å². The predicted molar refractivity (Wildman–Crippen MR) is 65.2 cm³/mol. The van der Waals surface area contributed by atoms with Crippen molar-refractivity contribution >= 4 is 5.97 Å². The number of carbonyl (C=O) groups is 1. The molecule has 0 spiro atoms. The molecule has 18 heavy (non-hydrogen) atoms. The van der Waals surface area contributed by atoms with E-state index < -0.39 is 0 Å². The summed E-state index contributed by atoms with van der Waals surface area (Å²) < 4.78 is 9.76. The van der Waals surface area contributed by atoms with Gasteiger partial charge in [-0.1, -0.05) is 31.1 Å². The van der Waals surface area contributed by atoms with Gasteiger partial charge in [0.15, 0.2) is 0 Å². The van der Waals surface area contributed by atoms with E-state index in [4.69, 9.17) is 4.52 Å². The molecule has 2 rings (SSSR count). The number of nitrogens with zero attached hydrogens (tertiary/aromatic N) is 2. The molecule has 0 aliphatic rings. The molecule has 0 unspecified atom stereocenters. The first-order valence-electron chi connectivity index (χ1n) is 5.64. The molecule has 0 N–H and O–H groups in total. The summed E-state index contributed by atoms with van der Waals surface area (Å²) in [6, 6.07) is 6.88. The molecule has 0 bridgehead atoms. The number of esters is 1. The molecule has 1 aromatic carbocycles. The standard InChI is InChI=1S/C13H14N2O3/c1-8(2)12-14-11(15-18-12)9-4-6-10(7-5-9)13(16)17-3/h4-8H,1-3H3. The van der Waals surface area contributed by atoms with Gasteiger partial charge >= 0.3 is 5.97 Å². The lowest BCUT2D eigenvalue weighted by Gasteiger charge is -1.99. The van der Waals surface area contributed by atoms with Crippen molar-refractivity contribution in [2.75, 3.05) is 7.11 Å². The Labute approximate surface area is 105 Å². The maximum atomic E-state index is 11.3. The summed E-state index contributed by atoms with van der Waals surface area (Å²) in [5.74, 6) is 0.954. The van der Waals surface area contributed by atoms with E-state index in [1.165, 1.54) is 7.11 Å². The van der Waals surface area contributed by atoms with Gasteiger partial charge in [0.1, 0.15) is 0 Å². The van der Waals surface area contributed by atoms with Gasteiger partial charge in [-0.25, -0.2) is 4.79 Å². The summed E-state index contributed by atoms with van der Waals surface area (Å²) in [4.78, 5) is 15.6. The second-order valence-corrected chi connectivity index (χ2v) is 4.18. The van der Waals surface area contributed by atoms with Gasteiger partial charge in [0.25, 0.3) is 0 Å². The molecule has 0 saturated heterocycles. The minimum absolute atomic E-state index is 0.195. The summed E-state index contributed by atoms with van der Waals surface area (Å²) in [7, 11) is 1.35. The van der Waals surface area contributed by atoms with Crippen molar-refractivity contribution in [1.82, 2.24) is 10.1 Å². The monoisotopic (exact) mass is 246 g/mol. The van der Waals surface area contributed by atoms with Crippen LogP contribution in [0.5, 0.6) is 0 Å². The van der Waals surface area contributed by atoms with E-state index in [1.807, 2.05) is 13.8 Å². The number of benzene rings is 1. The molecule has 0 saturated carbocycles. The van der Waals surface area contributed by atoms with Crippen molar-refractivity contribution in [3.63, 3.8) is 0 Å². The zero-order chi connectivity index (χ0) is 13.1. The fraction of sp³-hybridized carbons (Fsp3) is 0.308.